The van der Waals surface area contributed by atoms with Crippen molar-refractivity contribution in [1.29, 1.82) is 0 Å². The van der Waals surface area contributed by atoms with Crippen molar-refractivity contribution >= 4 is 40.5 Å². The molecule has 0 unspecified atom stereocenters. The maximum atomic E-state index is 9.79. The van der Waals surface area contributed by atoms with Crippen LogP contribution in [0.5, 0.6) is 0 Å². The van der Waals surface area contributed by atoms with Gasteiger partial charge in [-0.05, 0) is 11.5 Å². The van der Waals surface area contributed by atoms with Crippen LogP contribution in [0.4, 0.5) is 0 Å². The van der Waals surface area contributed by atoms with E-state index in [1.54, 1.807) is 12.2 Å². The van der Waals surface area contributed by atoms with Crippen molar-refractivity contribution in [2.75, 3.05) is 0 Å². The van der Waals surface area contributed by atoms with Gasteiger partial charge in [-0.15, -0.1) is 0 Å². The molecule has 72 valence electrons. The molecule has 1 aliphatic rings. The van der Waals surface area contributed by atoms with E-state index in [4.69, 9.17) is 23.2 Å². The number of aliphatic hydroxyl groups is 1. The molecular formula is C9H5Cl2NOS. The van der Waals surface area contributed by atoms with Crippen LogP contribution in [0, 0.1) is 0 Å². The first-order valence-electron chi connectivity index (χ1n) is 3.79. The van der Waals surface area contributed by atoms with E-state index in [1.165, 1.54) is 0 Å². The van der Waals surface area contributed by atoms with Crippen LogP contribution in [0.3, 0.4) is 0 Å². The summed E-state index contributed by atoms with van der Waals surface area (Å²) in [6.45, 7) is 0. The molecule has 2 rings (SSSR count). The van der Waals surface area contributed by atoms with Crippen LogP contribution in [0.25, 0.3) is 5.76 Å². The van der Waals surface area contributed by atoms with Gasteiger partial charge in [0.05, 0.1) is 0 Å². The normalized spacial score (nSPS) is 14.0. The zero-order valence-electron chi connectivity index (χ0n) is 6.87. The van der Waals surface area contributed by atoms with Crippen molar-refractivity contribution in [2.24, 2.45) is 0 Å². The van der Waals surface area contributed by atoms with Gasteiger partial charge in [0.25, 0.3) is 0 Å². The second-order valence-electron chi connectivity index (χ2n) is 2.64. The van der Waals surface area contributed by atoms with Gasteiger partial charge in [-0.1, -0.05) is 47.5 Å². The summed E-state index contributed by atoms with van der Waals surface area (Å²) < 4.78 is 4.35. The third-order valence-electron chi connectivity index (χ3n) is 1.76. The number of hydrogen-bond donors (Lipinski definition) is 1. The number of aliphatic hydroxyl groups excluding tert-OH is 1. The van der Waals surface area contributed by atoms with Crippen LogP contribution >= 0.6 is 34.7 Å². The maximum absolute atomic E-state index is 9.79. The Kier molecular flexibility index (Phi) is 2.63. The Labute approximate surface area is 94.9 Å². The number of halogens is 2. The molecular weight excluding hydrogens is 241 g/mol. The fourth-order valence-corrected chi connectivity index (χ4v) is 2.08. The molecule has 0 saturated carbocycles. The molecule has 1 aromatic rings. The quantitative estimate of drug-likeness (QED) is 0.763. The van der Waals surface area contributed by atoms with Crippen molar-refractivity contribution in [3.63, 3.8) is 0 Å². The third kappa shape index (κ3) is 1.59. The Morgan fingerprint density at radius 2 is 1.93 bits per heavy atom. The molecule has 0 radical (unpaired) electrons. The number of rotatable bonds is 1. The Morgan fingerprint density at radius 3 is 2.43 bits per heavy atom. The average Bonchev–Trinajstić information content (AvgIpc) is 2.77. The van der Waals surface area contributed by atoms with E-state index in [-0.39, 0.29) is 5.76 Å². The zero-order chi connectivity index (χ0) is 10.1. The molecule has 5 heteroatoms. The molecule has 2 nitrogen and oxygen atoms in total. The van der Waals surface area contributed by atoms with Crippen LogP contribution in [-0.2, 0) is 0 Å². The Balaban J connectivity index is 2.50. The molecule has 0 fully saturated rings. The fraction of sp³-hybridized carbons (Fsp3) is 0. The second-order valence-corrected chi connectivity index (χ2v) is 4.39. The van der Waals surface area contributed by atoms with E-state index in [1.807, 2.05) is 12.2 Å². The smallest absolute Gasteiger partial charge is 0.151 e. The number of nitrogens with zero attached hydrogens (tertiary/aromatic N) is 1. The van der Waals surface area contributed by atoms with Crippen LogP contribution in [-0.4, -0.2) is 9.48 Å². The van der Waals surface area contributed by atoms with Gasteiger partial charge in [0.2, 0.25) is 0 Å². The zero-order valence-corrected chi connectivity index (χ0v) is 9.20. The van der Waals surface area contributed by atoms with Gasteiger partial charge in [0, 0.05) is 5.57 Å². The molecule has 0 aliphatic heterocycles. The minimum absolute atomic E-state index is 0.0585. The van der Waals surface area contributed by atoms with Gasteiger partial charge in [-0.25, -0.2) is 0 Å². The standard InChI is InChI=1S/C9H5Cl2NOS/c10-6-7(12-14-9(6)11)8(13)5-3-1-2-4-5/h1-4,13H. The summed E-state index contributed by atoms with van der Waals surface area (Å²) in [5.41, 5.74) is 1.03. The van der Waals surface area contributed by atoms with Crippen LogP contribution in [0.2, 0.25) is 9.36 Å². The minimum atomic E-state index is 0.0585. The van der Waals surface area contributed by atoms with Gasteiger partial charge in [0.1, 0.15) is 15.1 Å². The highest BCUT2D eigenvalue weighted by molar-refractivity contribution is 7.11. The van der Waals surface area contributed by atoms with Gasteiger partial charge in [0.15, 0.2) is 5.76 Å². The van der Waals surface area contributed by atoms with Crippen LogP contribution < -0.4 is 0 Å². The number of hydrogen-bond acceptors (Lipinski definition) is 3. The predicted octanol–water partition coefficient (Wildman–Crippen LogP) is 3.85. The first-order valence-corrected chi connectivity index (χ1v) is 5.32. The fourth-order valence-electron chi connectivity index (χ4n) is 1.07. The Bertz CT molecular complexity index is 445. The molecule has 14 heavy (non-hydrogen) atoms. The van der Waals surface area contributed by atoms with E-state index < -0.39 is 0 Å². The van der Waals surface area contributed by atoms with E-state index >= 15 is 0 Å². The number of allylic oxidation sites excluding steroid dienone is 5. The highest BCUT2D eigenvalue weighted by Gasteiger charge is 2.15. The lowest BCUT2D eigenvalue weighted by Gasteiger charge is -1.98. The average molecular weight is 246 g/mol. The van der Waals surface area contributed by atoms with Crippen LogP contribution in [0.15, 0.2) is 29.9 Å². The van der Waals surface area contributed by atoms with Crippen molar-refractivity contribution < 1.29 is 5.11 Å². The summed E-state index contributed by atoms with van der Waals surface area (Å²) in [4.78, 5) is 0. The van der Waals surface area contributed by atoms with Crippen molar-refractivity contribution in [2.45, 2.75) is 0 Å². The van der Waals surface area contributed by atoms with E-state index in [2.05, 4.69) is 4.37 Å². The summed E-state index contributed by atoms with van der Waals surface area (Å²) >= 11 is 12.6. The monoisotopic (exact) mass is 245 g/mol. The van der Waals surface area contributed by atoms with Crippen molar-refractivity contribution in [3.8, 4) is 0 Å². The molecule has 1 aromatic heterocycles. The van der Waals surface area contributed by atoms with Gasteiger partial charge >= 0.3 is 0 Å². The lowest BCUT2D eigenvalue weighted by Crippen LogP contribution is -1.86. The maximum Gasteiger partial charge on any atom is 0.151 e. The lowest BCUT2D eigenvalue weighted by molar-refractivity contribution is 0.507. The highest BCUT2D eigenvalue weighted by atomic mass is 35.5. The van der Waals surface area contributed by atoms with Gasteiger partial charge in [-0.2, -0.15) is 4.37 Å². The molecule has 0 amide bonds. The minimum Gasteiger partial charge on any atom is -0.505 e. The number of aromatic nitrogens is 1. The molecule has 0 bridgehead atoms. The predicted molar refractivity (Wildman–Crippen MR) is 60.0 cm³/mol. The Morgan fingerprint density at radius 1 is 1.29 bits per heavy atom. The molecule has 1 N–H and O–H groups in total. The Hall–Kier alpha value is -0.770. The van der Waals surface area contributed by atoms with Gasteiger partial charge < -0.3 is 5.11 Å². The molecule has 1 aliphatic carbocycles. The lowest BCUT2D eigenvalue weighted by atomic mass is 10.2. The van der Waals surface area contributed by atoms with Crippen molar-refractivity contribution in [3.05, 3.63) is 44.9 Å². The van der Waals surface area contributed by atoms with Gasteiger partial charge in [-0.3, -0.25) is 0 Å². The summed E-state index contributed by atoms with van der Waals surface area (Å²) in [6, 6.07) is 0. The molecule has 0 spiro atoms. The van der Waals surface area contributed by atoms with Crippen LogP contribution in [0.1, 0.15) is 5.69 Å². The van der Waals surface area contributed by atoms with Crippen molar-refractivity contribution in [1.82, 2.24) is 4.37 Å². The topological polar surface area (TPSA) is 33.1 Å². The SMILES string of the molecule is OC(=C1C=CC=C1)c1nsc(Cl)c1Cl. The molecule has 0 atom stereocenters. The summed E-state index contributed by atoms with van der Waals surface area (Å²) in [5, 5.41) is 10.1. The molecule has 0 saturated heterocycles. The van der Waals surface area contributed by atoms with E-state index in [9.17, 15) is 5.11 Å². The molecule has 1 heterocycles. The first kappa shape index (κ1) is 9.77. The molecule has 0 aromatic carbocycles. The van der Waals surface area contributed by atoms with E-state index in [0.717, 1.165) is 11.5 Å². The summed E-state index contributed by atoms with van der Waals surface area (Å²) in [7, 11) is 0. The van der Waals surface area contributed by atoms with E-state index in [0.29, 0.717) is 20.6 Å². The summed E-state index contributed by atoms with van der Waals surface area (Å²) in [6.07, 6.45) is 7.21. The summed E-state index contributed by atoms with van der Waals surface area (Å²) in [5.74, 6) is 0.0585. The second kappa shape index (κ2) is 3.77. The first-order chi connectivity index (χ1) is 6.70. The largest absolute Gasteiger partial charge is 0.505 e. The third-order valence-corrected chi connectivity index (χ3v) is 3.37. The highest BCUT2D eigenvalue weighted by Crippen LogP contribution is 2.34.